The standard InChI is InChI=1S/C12H15N3O4/c1-8-5-10(13-6-9(8)15(18)19)14-7-12(11(16)17)3-2-4-12/h5-6H,2-4,7H2,1H3,(H,13,14)(H,16,17). The molecule has 2 rings (SSSR count). The minimum Gasteiger partial charge on any atom is -0.481 e. The number of rotatable bonds is 5. The van der Waals surface area contributed by atoms with Crippen molar-refractivity contribution < 1.29 is 14.8 Å². The highest BCUT2D eigenvalue weighted by Gasteiger charge is 2.44. The number of carbonyl (C=O) groups is 1. The highest BCUT2D eigenvalue weighted by molar-refractivity contribution is 5.76. The second-order valence-electron chi connectivity index (χ2n) is 4.91. The maximum Gasteiger partial charge on any atom is 0.311 e. The Labute approximate surface area is 109 Å². The van der Waals surface area contributed by atoms with Crippen molar-refractivity contribution in [3.63, 3.8) is 0 Å². The van der Waals surface area contributed by atoms with Crippen LogP contribution in [0.5, 0.6) is 0 Å². The topological polar surface area (TPSA) is 105 Å². The summed E-state index contributed by atoms with van der Waals surface area (Å²) in [4.78, 5) is 25.3. The van der Waals surface area contributed by atoms with Gasteiger partial charge in [0.1, 0.15) is 12.0 Å². The number of nitro groups is 1. The lowest BCUT2D eigenvalue weighted by Gasteiger charge is -2.37. The van der Waals surface area contributed by atoms with Gasteiger partial charge < -0.3 is 10.4 Å². The van der Waals surface area contributed by atoms with E-state index < -0.39 is 16.3 Å². The van der Waals surface area contributed by atoms with Crippen LogP contribution in [0.2, 0.25) is 0 Å². The summed E-state index contributed by atoms with van der Waals surface area (Å²) in [6, 6.07) is 1.56. The molecule has 7 heteroatoms. The van der Waals surface area contributed by atoms with Gasteiger partial charge in [0.25, 0.3) is 5.69 Å². The van der Waals surface area contributed by atoms with E-state index in [1.807, 2.05) is 0 Å². The predicted octanol–water partition coefficient (Wildman–Crippen LogP) is 1.97. The van der Waals surface area contributed by atoms with Gasteiger partial charge in [0, 0.05) is 12.1 Å². The molecule has 0 spiro atoms. The molecule has 1 heterocycles. The van der Waals surface area contributed by atoms with Gasteiger partial charge in [-0.3, -0.25) is 14.9 Å². The summed E-state index contributed by atoms with van der Waals surface area (Å²) < 4.78 is 0. The Balaban J connectivity index is 2.06. The third-order valence-electron chi connectivity index (χ3n) is 3.65. The molecule has 0 atom stereocenters. The summed E-state index contributed by atoms with van der Waals surface area (Å²) in [6.07, 6.45) is 3.41. The Kier molecular flexibility index (Phi) is 3.37. The molecule has 0 saturated heterocycles. The molecule has 1 fully saturated rings. The van der Waals surface area contributed by atoms with E-state index >= 15 is 0 Å². The zero-order valence-corrected chi connectivity index (χ0v) is 10.5. The third kappa shape index (κ3) is 2.49. The van der Waals surface area contributed by atoms with Crippen LogP contribution in [0.3, 0.4) is 0 Å². The molecule has 2 N–H and O–H groups in total. The zero-order chi connectivity index (χ0) is 14.0. The fourth-order valence-electron chi connectivity index (χ4n) is 2.17. The number of anilines is 1. The van der Waals surface area contributed by atoms with Crippen molar-refractivity contribution in [2.24, 2.45) is 5.41 Å². The summed E-state index contributed by atoms with van der Waals surface area (Å²) >= 11 is 0. The van der Waals surface area contributed by atoms with Crippen LogP contribution in [0.1, 0.15) is 24.8 Å². The molecular formula is C12H15N3O4. The van der Waals surface area contributed by atoms with Crippen molar-refractivity contribution in [3.05, 3.63) is 27.9 Å². The van der Waals surface area contributed by atoms with Gasteiger partial charge in [-0.2, -0.15) is 0 Å². The number of aryl methyl sites for hydroxylation is 1. The van der Waals surface area contributed by atoms with E-state index in [0.717, 1.165) is 6.42 Å². The first-order chi connectivity index (χ1) is 8.94. The fraction of sp³-hybridized carbons (Fsp3) is 0.500. The Bertz CT molecular complexity index is 526. The second kappa shape index (κ2) is 4.83. The molecular weight excluding hydrogens is 250 g/mol. The van der Waals surface area contributed by atoms with Gasteiger partial charge in [-0.15, -0.1) is 0 Å². The van der Waals surface area contributed by atoms with E-state index in [9.17, 15) is 20.0 Å². The van der Waals surface area contributed by atoms with Crippen molar-refractivity contribution in [3.8, 4) is 0 Å². The molecule has 0 amide bonds. The lowest BCUT2D eigenvalue weighted by molar-refractivity contribution is -0.385. The van der Waals surface area contributed by atoms with E-state index in [1.165, 1.54) is 6.20 Å². The van der Waals surface area contributed by atoms with Crippen LogP contribution in [0.15, 0.2) is 12.3 Å². The van der Waals surface area contributed by atoms with E-state index in [1.54, 1.807) is 13.0 Å². The second-order valence-corrected chi connectivity index (χ2v) is 4.91. The molecule has 0 unspecified atom stereocenters. The van der Waals surface area contributed by atoms with Crippen LogP contribution in [-0.4, -0.2) is 27.5 Å². The first-order valence-electron chi connectivity index (χ1n) is 6.03. The maximum atomic E-state index is 11.2. The van der Waals surface area contributed by atoms with Gasteiger partial charge in [-0.05, 0) is 25.8 Å². The Hall–Kier alpha value is -2.18. The molecule has 1 aliphatic rings. The van der Waals surface area contributed by atoms with Gasteiger partial charge in [-0.1, -0.05) is 6.42 Å². The first kappa shape index (κ1) is 13.3. The molecule has 19 heavy (non-hydrogen) atoms. The van der Waals surface area contributed by atoms with Crippen LogP contribution >= 0.6 is 0 Å². The number of aliphatic carboxylic acids is 1. The zero-order valence-electron chi connectivity index (χ0n) is 10.5. The molecule has 0 radical (unpaired) electrons. The molecule has 1 aliphatic carbocycles. The average molecular weight is 265 g/mol. The molecule has 102 valence electrons. The highest BCUT2D eigenvalue weighted by Crippen LogP contribution is 2.41. The van der Waals surface area contributed by atoms with Crippen molar-refractivity contribution in [2.45, 2.75) is 26.2 Å². The largest absolute Gasteiger partial charge is 0.481 e. The summed E-state index contributed by atoms with van der Waals surface area (Å²) in [7, 11) is 0. The number of nitrogens with zero attached hydrogens (tertiary/aromatic N) is 2. The van der Waals surface area contributed by atoms with Crippen LogP contribution in [0, 0.1) is 22.5 Å². The molecule has 7 nitrogen and oxygen atoms in total. The fourth-order valence-corrected chi connectivity index (χ4v) is 2.17. The summed E-state index contributed by atoms with van der Waals surface area (Å²) in [5.74, 6) is -0.333. The number of hydrogen-bond donors (Lipinski definition) is 2. The highest BCUT2D eigenvalue weighted by atomic mass is 16.6. The van der Waals surface area contributed by atoms with Crippen LogP contribution in [-0.2, 0) is 4.79 Å². The summed E-state index contributed by atoms with van der Waals surface area (Å²) in [5.41, 5.74) is -0.250. The number of carboxylic acid groups (broad SMARTS) is 1. The monoisotopic (exact) mass is 265 g/mol. The van der Waals surface area contributed by atoms with E-state index in [0.29, 0.717) is 30.8 Å². The van der Waals surface area contributed by atoms with Gasteiger partial charge in [-0.25, -0.2) is 4.98 Å². The summed E-state index contributed by atoms with van der Waals surface area (Å²) in [6.45, 7) is 1.92. The van der Waals surface area contributed by atoms with Gasteiger partial charge in [0.2, 0.25) is 0 Å². The lowest BCUT2D eigenvalue weighted by Crippen LogP contribution is -2.43. The number of pyridine rings is 1. The lowest BCUT2D eigenvalue weighted by atomic mass is 9.69. The number of carboxylic acids is 1. The van der Waals surface area contributed by atoms with Crippen LogP contribution < -0.4 is 5.32 Å². The smallest absolute Gasteiger partial charge is 0.311 e. The van der Waals surface area contributed by atoms with Crippen LogP contribution in [0.25, 0.3) is 0 Å². The quantitative estimate of drug-likeness (QED) is 0.622. The van der Waals surface area contributed by atoms with Crippen molar-refractivity contribution in [1.29, 1.82) is 0 Å². The van der Waals surface area contributed by atoms with Gasteiger partial charge in [0.05, 0.1) is 10.3 Å². The number of aromatic nitrogens is 1. The SMILES string of the molecule is Cc1cc(NCC2(C(=O)O)CCC2)ncc1[N+](=O)[O-]. The molecule has 0 bridgehead atoms. The van der Waals surface area contributed by atoms with Crippen molar-refractivity contribution in [1.82, 2.24) is 4.98 Å². The third-order valence-corrected chi connectivity index (χ3v) is 3.65. The molecule has 0 aromatic carbocycles. The molecule has 0 aliphatic heterocycles. The molecule has 1 aromatic heterocycles. The Morgan fingerprint density at radius 2 is 2.32 bits per heavy atom. The average Bonchev–Trinajstić information content (AvgIpc) is 2.26. The van der Waals surface area contributed by atoms with Gasteiger partial charge in [0.15, 0.2) is 0 Å². The Morgan fingerprint density at radius 1 is 1.63 bits per heavy atom. The van der Waals surface area contributed by atoms with Crippen molar-refractivity contribution in [2.75, 3.05) is 11.9 Å². The number of nitrogens with one attached hydrogen (secondary N) is 1. The Morgan fingerprint density at radius 3 is 2.74 bits per heavy atom. The van der Waals surface area contributed by atoms with Crippen molar-refractivity contribution >= 4 is 17.5 Å². The van der Waals surface area contributed by atoms with Gasteiger partial charge >= 0.3 is 5.97 Å². The molecule has 1 aromatic rings. The maximum absolute atomic E-state index is 11.2. The van der Waals surface area contributed by atoms with E-state index in [4.69, 9.17) is 0 Å². The summed E-state index contributed by atoms with van der Waals surface area (Å²) in [5, 5.41) is 22.8. The normalized spacial score (nSPS) is 16.5. The minimum atomic E-state index is -0.801. The first-order valence-corrected chi connectivity index (χ1v) is 6.03. The molecule has 1 saturated carbocycles. The van der Waals surface area contributed by atoms with E-state index in [-0.39, 0.29) is 5.69 Å². The number of hydrogen-bond acceptors (Lipinski definition) is 5. The van der Waals surface area contributed by atoms with Crippen LogP contribution in [0.4, 0.5) is 11.5 Å². The predicted molar refractivity (Wildman–Crippen MR) is 68.0 cm³/mol. The minimum absolute atomic E-state index is 0.0397. The van der Waals surface area contributed by atoms with E-state index in [2.05, 4.69) is 10.3 Å².